The molecule has 0 spiro atoms. The minimum atomic E-state index is 0.873. The fraction of sp³-hybridized carbons (Fsp3) is 1.00. The standard InChI is InChI=1S/C11H23N/c1-4-11(9(2)3)10-5-7-12-8-6-10/h9-12H,4-8H2,1-3H3. The molecule has 1 heteroatoms. The summed E-state index contributed by atoms with van der Waals surface area (Å²) in [5.74, 6) is 2.83. The van der Waals surface area contributed by atoms with E-state index in [2.05, 4.69) is 26.1 Å². The van der Waals surface area contributed by atoms with Crippen molar-refractivity contribution in [3.63, 3.8) is 0 Å². The average Bonchev–Trinajstić information content (AvgIpc) is 2.07. The summed E-state index contributed by atoms with van der Waals surface area (Å²) in [5, 5.41) is 3.43. The molecule has 12 heavy (non-hydrogen) atoms. The zero-order valence-electron chi connectivity index (χ0n) is 8.77. The number of piperidine rings is 1. The zero-order chi connectivity index (χ0) is 8.97. The van der Waals surface area contributed by atoms with E-state index in [0.717, 1.165) is 17.8 Å². The highest BCUT2D eigenvalue weighted by Crippen LogP contribution is 2.30. The van der Waals surface area contributed by atoms with E-state index in [1.807, 2.05) is 0 Å². The maximum absolute atomic E-state index is 3.43. The van der Waals surface area contributed by atoms with Crippen molar-refractivity contribution >= 4 is 0 Å². The van der Waals surface area contributed by atoms with E-state index in [-0.39, 0.29) is 0 Å². The van der Waals surface area contributed by atoms with Gasteiger partial charge in [-0.25, -0.2) is 0 Å². The summed E-state index contributed by atoms with van der Waals surface area (Å²) in [6.45, 7) is 9.57. The van der Waals surface area contributed by atoms with Crippen molar-refractivity contribution in [2.75, 3.05) is 13.1 Å². The van der Waals surface area contributed by atoms with Crippen LogP contribution in [-0.4, -0.2) is 13.1 Å². The maximum atomic E-state index is 3.43. The molecule has 1 unspecified atom stereocenters. The number of hydrogen-bond acceptors (Lipinski definition) is 1. The molecule has 1 atom stereocenters. The van der Waals surface area contributed by atoms with Gasteiger partial charge in [0.2, 0.25) is 0 Å². The molecule has 1 saturated heterocycles. The van der Waals surface area contributed by atoms with Crippen LogP contribution in [0.4, 0.5) is 0 Å². The minimum absolute atomic E-state index is 0.873. The van der Waals surface area contributed by atoms with Crippen LogP contribution >= 0.6 is 0 Å². The molecular weight excluding hydrogens is 146 g/mol. The van der Waals surface area contributed by atoms with Crippen molar-refractivity contribution in [2.24, 2.45) is 17.8 Å². The molecule has 0 aliphatic carbocycles. The highest BCUT2D eigenvalue weighted by Gasteiger charge is 2.23. The first-order valence-corrected chi connectivity index (χ1v) is 5.46. The Kier molecular flexibility index (Phi) is 4.07. The van der Waals surface area contributed by atoms with Gasteiger partial charge in [0.05, 0.1) is 0 Å². The number of hydrogen-bond donors (Lipinski definition) is 1. The molecule has 1 N–H and O–H groups in total. The van der Waals surface area contributed by atoms with Crippen molar-refractivity contribution in [3.8, 4) is 0 Å². The quantitative estimate of drug-likeness (QED) is 0.685. The lowest BCUT2D eigenvalue weighted by Crippen LogP contribution is -2.33. The summed E-state index contributed by atoms with van der Waals surface area (Å²) in [6.07, 6.45) is 4.16. The summed E-state index contributed by atoms with van der Waals surface area (Å²) in [7, 11) is 0. The first kappa shape index (κ1) is 10.0. The Labute approximate surface area is 76.9 Å². The third kappa shape index (κ3) is 2.48. The van der Waals surface area contributed by atoms with Crippen LogP contribution in [0.2, 0.25) is 0 Å². The van der Waals surface area contributed by atoms with Gasteiger partial charge in [-0.1, -0.05) is 27.2 Å². The van der Waals surface area contributed by atoms with Gasteiger partial charge in [0.25, 0.3) is 0 Å². The van der Waals surface area contributed by atoms with Crippen LogP contribution in [0.1, 0.15) is 40.0 Å². The normalized spacial score (nSPS) is 23.0. The molecular formula is C11H23N. The zero-order valence-corrected chi connectivity index (χ0v) is 8.77. The fourth-order valence-corrected chi connectivity index (χ4v) is 2.62. The Bertz CT molecular complexity index is 114. The van der Waals surface area contributed by atoms with Crippen LogP contribution in [-0.2, 0) is 0 Å². The van der Waals surface area contributed by atoms with Crippen LogP contribution < -0.4 is 5.32 Å². The Morgan fingerprint density at radius 1 is 1.25 bits per heavy atom. The second kappa shape index (κ2) is 4.86. The van der Waals surface area contributed by atoms with Gasteiger partial charge >= 0.3 is 0 Å². The van der Waals surface area contributed by atoms with E-state index >= 15 is 0 Å². The van der Waals surface area contributed by atoms with Gasteiger partial charge in [-0.15, -0.1) is 0 Å². The molecule has 0 aromatic heterocycles. The predicted molar refractivity (Wildman–Crippen MR) is 54.2 cm³/mol. The Hall–Kier alpha value is -0.0400. The summed E-state index contributed by atoms with van der Waals surface area (Å²) in [6, 6.07) is 0. The monoisotopic (exact) mass is 169 g/mol. The number of rotatable bonds is 3. The molecule has 1 heterocycles. The average molecular weight is 169 g/mol. The molecule has 0 radical (unpaired) electrons. The van der Waals surface area contributed by atoms with E-state index in [1.54, 1.807) is 0 Å². The highest BCUT2D eigenvalue weighted by molar-refractivity contribution is 4.76. The smallest absolute Gasteiger partial charge is 0.00462 e. The van der Waals surface area contributed by atoms with Gasteiger partial charge in [0, 0.05) is 0 Å². The van der Waals surface area contributed by atoms with Gasteiger partial charge in [-0.2, -0.15) is 0 Å². The van der Waals surface area contributed by atoms with Crippen molar-refractivity contribution < 1.29 is 0 Å². The van der Waals surface area contributed by atoms with Gasteiger partial charge in [-0.05, 0) is 43.7 Å². The second-order valence-corrected chi connectivity index (χ2v) is 4.40. The van der Waals surface area contributed by atoms with Crippen molar-refractivity contribution in [1.29, 1.82) is 0 Å². The van der Waals surface area contributed by atoms with Gasteiger partial charge < -0.3 is 5.32 Å². The molecule has 0 amide bonds. The van der Waals surface area contributed by atoms with Gasteiger partial charge in [-0.3, -0.25) is 0 Å². The summed E-state index contributed by atoms with van der Waals surface area (Å²) in [5.41, 5.74) is 0. The third-order valence-corrected chi connectivity index (χ3v) is 3.32. The Balaban J connectivity index is 2.40. The second-order valence-electron chi connectivity index (χ2n) is 4.40. The summed E-state index contributed by atoms with van der Waals surface area (Å²) < 4.78 is 0. The molecule has 1 aliphatic rings. The van der Waals surface area contributed by atoms with Crippen LogP contribution in [0, 0.1) is 17.8 Å². The maximum Gasteiger partial charge on any atom is -0.00462 e. The van der Waals surface area contributed by atoms with Gasteiger partial charge in [0.15, 0.2) is 0 Å². The largest absolute Gasteiger partial charge is 0.317 e. The first-order chi connectivity index (χ1) is 5.75. The summed E-state index contributed by atoms with van der Waals surface area (Å²) in [4.78, 5) is 0. The van der Waals surface area contributed by atoms with E-state index in [1.165, 1.54) is 32.4 Å². The molecule has 1 rings (SSSR count). The van der Waals surface area contributed by atoms with E-state index < -0.39 is 0 Å². The van der Waals surface area contributed by atoms with E-state index in [4.69, 9.17) is 0 Å². The van der Waals surface area contributed by atoms with Gasteiger partial charge in [0.1, 0.15) is 0 Å². The van der Waals surface area contributed by atoms with Crippen molar-refractivity contribution in [1.82, 2.24) is 5.32 Å². The molecule has 1 fully saturated rings. The molecule has 0 aromatic carbocycles. The summed E-state index contributed by atoms with van der Waals surface area (Å²) >= 11 is 0. The SMILES string of the molecule is CCC(C(C)C)C1CCNCC1. The lowest BCUT2D eigenvalue weighted by Gasteiger charge is -2.32. The molecule has 1 nitrogen and oxygen atoms in total. The Morgan fingerprint density at radius 2 is 1.83 bits per heavy atom. The predicted octanol–water partition coefficient (Wildman–Crippen LogP) is 2.67. The van der Waals surface area contributed by atoms with Crippen LogP contribution in [0.3, 0.4) is 0 Å². The van der Waals surface area contributed by atoms with Crippen LogP contribution in [0.25, 0.3) is 0 Å². The first-order valence-electron chi connectivity index (χ1n) is 5.46. The lowest BCUT2D eigenvalue weighted by atomic mass is 9.77. The highest BCUT2D eigenvalue weighted by atomic mass is 14.9. The molecule has 1 aliphatic heterocycles. The van der Waals surface area contributed by atoms with Crippen molar-refractivity contribution in [3.05, 3.63) is 0 Å². The topological polar surface area (TPSA) is 12.0 Å². The molecule has 0 saturated carbocycles. The molecule has 0 aromatic rings. The Morgan fingerprint density at radius 3 is 2.25 bits per heavy atom. The van der Waals surface area contributed by atoms with Crippen LogP contribution in [0.15, 0.2) is 0 Å². The van der Waals surface area contributed by atoms with Crippen molar-refractivity contribution in [2.45, 2.75) is 40.0 Å². The number of nitrogens with one attached hydrogen (secondary N) is 1. The van der Waals surface area contributed by atoms with Crippen LogP contribution in [0.5, 0.6) is 0 Å². The fourth-order valence-electron chi connectivity index (χ4n) is 2.62. The molecule has 72 valence electrons. The minimum Gasteiger partial charge on any atom is -0.317 e. The van der Waals surface area contributed by atoms with E-state index in [0.29, 0.717) is 0 Å². The molecule has 0 bridgehead atoms. The van der Waals surface area contributed by atoms with E-state index in [9.17, 15) is 0 Å². The third-order valence-electron chi connectivity index (χ3n) is 3.32. The lowest BCUT2D eigenvalue weighted by molar-refractivity contribution is 0.198.